The third-order valence-corrected chi connectivity index (χ3v) is 4.94. The van der Waals surface area contributed by atoms with Gasteiger partial charge in [0.2, 0.25) is 0 Å². The SMILES string of the molecule is O[C@@H]1CO[C@H](c2ccccc2)O[C@@H]1/C=N/N(Cc1ccccc1)Cc1ccccc1. The van der Waals surface area contributed by atoms with Gasteiger partial charge in [0.05, 0.1) is 25.9 Å². The molecule has 0 bridgehead atoms. The molecule has 1 saturated heterocycles. The van der Waals surface area contributed by atoms with Gasteiger partial charge in [0.15, 0.2) is 6.29 Å². The molecule has 0 aromatic heterocycles. The molecule has 0 saturated carbocycles. The van der Waals surface area contributed by atoms with E-state index in [0.29, 0.717) is 13.1 Å². The molecule has 1 aliphatic heterocycles. The van der Waals surface area contributed by atoms with Gasteiger partial charge in [-0.05, 0) is 11.1 Å². The summed E-state index contributed by atoms with van der Waals surface area (Å²) in [4.78, 5) is 0. The van der Waals surface area contributed by atoms with Crippen LogP contribution in [0, 0.1) is 0 Å². The molecule has 4 rings (SSSR count). The number of hydrogen-bond acceptors (Lipinski definition) is 5. The minimum atomic E-state index is -0.760. The van der Waals surface area contributed by atoms with Crippen molar-refractivity contribution in [2.75, 3.05) is 6.61 Å². The Bertz CT molecular complexity index is 877. The highest BCUT2D eigenvalue weighted by Gasteiger charge is 2.30. The van der Waals surface area contributed by atoms with Gasteiger partial charge in [0, 0.05) is 5.56 Å². The van der Waals surface area contributed by atoms with Gasteiger partial charge in [-0.2, -0.15) is 5.10 Å². The minimum absolute atomic E-state index is 0.202. The summed E-state index contributed by atoms with van der Waals surface area (Å²) in [5, 5.41) is 17.0. The number of aliphatic hydroxyl groups excluding tert-OH is 1. The zero-order valence-corrected chi connectivity index (χ0v) is 16.7. The third kappa shape index (κ3) is 5.54. The maximum atomic E-state index is 10.4. The fraction of sp³-hybridized carbons (Fsp3) is 0.240. The van der Waals surface area contributed by atoms with E-state index in [1.807, 2.05) is 71.7 Å². The van der Waals surface area contributed by atoms with Crippen molar-refractivity contribution in [3.05, 3.63) is 108 Å². The first kappa shape index (κ1) is 20.3. The summed E-state index contributed by atoms with van der Waals surface area (Å²) >= 11 is 0. The molecule has 0 amide bonds. The van der Waals surface area contributed by atoms with Gasteiger partial charge in [0.25, 0.3) is 0 Å². The lowest BCUT2D eigenvalue weighted by atomic mass is 10.1. The summed E-state index contributed by atoms with van der Waals surface area (Å²) in [5.41, 5.74) is 3.26. The molecule has 154 valence electrons. The monoisotopic (exact) mass is 402 g/mol. The van der Waals surface area contributed by atoms with Crippen molar-refractivity contribution in [2.24, 2.45) is 5.10 Å². The summed E-state index contributed by atoms with van der Waals surface area (Å²) in [7, 11) is 0. The van der Waals surface area contributed by atoms with Gasteiger partial charge < -0.3 is 14.6 Å². The number of rotatable bonds is 7. The zero-order valence-electron chi connectivity index (χ0n) is 16.7. The lowest BCUT2D eigenvalue weighted by Gasteiger charge is -2.32. The van der Waals surface area contributed by atoms with Crippen molar-refractivity contribution >= 4 is 6.21 Å². The van der Waals surface area contributed by atoms with Crippen LogP contribution in [0.25, 0.3) is 0 Å². The maximum Gasteiger partial charge on any atom is 0.184 e. The topological polar surface area (TPSA) is 54.3 Å². The summed E-state index contributed by atoms with van der Waals surface area (Å²) < 4.78 is 11.6. The van der Waals surface area contributed by atoms with Crippen LogP contribution in [-0.2, 0) is 22.6 Å². The van der Waals surface area contributed by atoms with Crippen molar-refractivity contribution in [1.29, 1.82) is 0 Å². The predicted octanol–water partition coefficient (Wildman–Crippen LogP) is 4.15. The molecular formula is C25H26N2O3. The molecule has 0 radical (unpaired) electrons. The van der Waals surface area contributed by atoms with E-state index in [4.69, 9.17) is 9.47 Å². The molecule has 3 aromatic rings. The quantitative estimate of drug-likeness (QED) is 0.477. The summed E-state index contributed by atoms with van der Waals surface area (Å²) in [5.74, 6) is 0. The standard InChI is InChI=1S/C25H26N2O3/c28-23-19-29-25(22-14-8-3-9-15-22)30-24(23)16-26-27(17-20-10-4-1-5-11-20)18-21-12-6-2-7-13-21/h1-16,23-25,28H,17-19H2/b26-16+/t23-,24-,25+/m1/s1. The van der Waals surface area contributed by atoms with Crippen LogP contribution in [0.3, 0.4) is 0 Å². The van der Waals surface area contributed by atoms with E-state index in [-0.39, 0.29) is 6.61 Å². The van der Waals surface area contributed by atoms with Crippen molar-refractivity contribution in [2.45, 2.75) is 31.6 Å². The zero-order chi connectivity index (χ0) is 20.6. The molecule has 3 atom stereocenters. The summed E-state index contributed by atoms with van der Waals surface area (Å²) in [6, 6.07) is 30.2. The fourth-order valence-electron chi connectivity index (χ4n) is 3.36. The Balaban J connectivity index is 1.48. The number of aliphatic hydroxyl groups is 1. The van der Waals surface area contributed by atoms with Crippen molar-refractivity contribution < 1.29 is 14.6 Å². The van der Waals surface area contributed by atoms with Gasteiger partial charge in [-0.1, -0.05) is 91.0 Å². The first-order valence-electron chi connectivity index (χ1n) is 10.1. The Hall–Kier alpha value is -2.99. The number of benzene rings is 3. The van der Waals surface area contributed by atoms with Gasteiger partial charge in [-0.25, -0.2) is 0 Å². The molecule has 0 aliphatic carbocycles. The normalized spacial score (nSPS) is 21.6. The van der Waals surface area contributed by atoms with E-state index >= 15 is 0 Å². The van der Waals surface area contributed by atoms with Crippen LogP contribution in [0.15, 0.2) is 96.1 Å². The lowest BCUT2D eigenvalue weighted by molar-refractivity contribution is -0.237. The smallest absolute Gasteiger partial charge is 0.184 e. The number of hydrazone groups is 1. The fourth-order valence-corrected chi connectivity index (χ4v) is 3.36. The largest absolute Gasteiger partial charge is 0.388 e. The Labute approximate surface area is 177 Å². The lowest BCUT2D eigenvalue weighted by Crippen LogP contribution is -2.41. The van der Waals surface area contributed by atoms with Gasteiger partial charge in [-0.3, -0.25) is 5.01 Å². The van der Waals surface area contributed by atoms with Crippen LogP contribution in [0.5, 0.6) is 0 Å². The van der Waals surface area contributed by atoms with Crippen molar-refractivity contribution in [3.8, 4) is 0 Å². The summed E-state index contributed by atoms with van der Waals surface area (Å²) in [6.45, 7) is 1.52. The van der Waals surface area contributed by atoms with Crippen molar-refractivity contribution in [3.63, 3.8) is 0 Å². The van der Waals surface area contributed by atoms with E-state index in [1.54, 1.807) is 6.21 Å². The first-order chi connectivity index (χ1) is 14.8. The Morgan fingerprint density at radius 1 is 0.833 bits per heavy atom. The highest BCUT2D eigenvalue weighted by Crippen LogP contribution is 2.26. The van der Waals surface area contributed by atoms with Gasteiger partial charge in [-0.15, -0.1) is 0 Å². The van der Waals surface area contributed by atoms with Crippen LogP contribution in [0.1, 0.15) is 23.0 Å². The number of hydrogen-bond donors (Lipinski definition) is 1. The third-order valence-electron chi connectivity index (χ3n) is 4.94. The molecule has 1 N–H and O–H groups in total. The molecule has 3 aromatic carbocycles. The molecule has 5 heteroatoms. The second kappa shape index (κ2) is 10.2. The molecule has 0 spiro atoms. The second-order valence-electron chi connectivity index (χ2n) is 7.30. The number of ether oxygens (including phenoxy) is 2. The van der Waals surface area contributed by atoms with Crippen LogP contribution in [-0.4, -0.2) is 35.1 Å². The van der Waals surface area contributed by atoms with E-state index in [0.717, 1.165) is 5.56 Å². The predicted molar refractivity (Wildman–Crippen MR) is 117 cm³/mol. The molecule has 0 unspecified atom stereocenters. The van der Waals surface area contributed by atoms with Crippen LogP contribution < -0.4 is 0 Å². The molecule has 1 fully saturated rings. The second-order valence-corrected chi connectivity index (χ2v) is 7.30. The van der Waals surface area contributed by atoms with Crippen LogP contribution in [0.2, 0.25) is 0 Å². The average molecular weight is 402 g/mol. The Morgan fingerprint density at radius 2 is 1.37 bits per heavy atom. The highest BCUT2D eigenvalue weighted by molar-refractivity contribution is 5.64. The average Bonchev–Trinajstić information content (AvgIpc) is 2.80. The molecular weight excluding hydrogens is 376 g/mol. The van der Waals surface area contributed by atoms with E-state index in [1.165, 1.54) is 11.1 Å². The first-order valence-corrected chi connectivity index (χ1v) is 10.1. The van der Waals surface area contributed by atoms with Crippen LogP contribution >= 0.6 is 0 Å². The van der Waals surface area contributed by atoms with Gasteiger partial charge in [0.1, 0.15) is 12.2 Å². The Kier molecular flexibility index (Phi) is 6.87. The van der Waals surface area contributed by atoms with Gasteiger partial charge >= 0.3 is 0 Å². The molecule has 5 nitrogen and oxygen atoms in total. The number of nitrogens with zero attached hydrogens (tertiary/aromatic N) is 2. The van der Waals surface area contributed by atoms with Crippen molar-refractivity contribution in [1.82, 2.24) is 5.01 Å². The minimum Gasteiger partial charge on any atom is -0.388 e. The Morgan fingerprint density at radius 3 is 1.93 bits per heavy atom. The summed E-state index contributed by atoms with van der Waals surface area (Å²) in [6.07, 6.45) is -0.126. The molecule has 1 aliphatic rings. The van der Waals surface area contributed by atoms with Crippen LogP contribution in [0.4, 0.5) is 0 Å². The molecule has 1 heterocycles. The highest BCUT2D eigenvalue weighted by atomic mass is 16.7. The molecule has 30 heavy (non-hydrogen) atoms. The van der Waals surface area contributed by atoms with E-state index in [2.05, 4.69) is 29.4 Å². The maximum absolute atomic E-state index is 10.4. The van der Waals surface area contributed by atoms with E-state index in [9.17, 15) is 5.11 Å². The van der Waals surface area contributed by atoms with E-state index < -0.39 is 18.5 Å².